The molecule has 0 radical (unpaired) electrons. The van der Waals surface area contributed by atoms with Crippen LogP contribution in [-0.4, -0.2) is 32.4 Å². The third kappa shape index (κ3) is 8.77. The average molecular weight is 461 g/mol. The summed E-state index contributed by atoms with van der Waals surface area (Å²) in [5.74, 6) is 0. The predicted molar refractivity (Wildman–Crippen MR) is 87.8 cm³/mol. The SMILES string of the molecule is CCCCCC[n+]1ccn(CC)c1.O=S(=O)([N-]S(=O)(=O)C(F)(F)F)C(F)(F)F. The normalized spacial score (nSPS) is 13.1. The lowest BCUT2D eigenvalue weighted by molar-refractivity contribution is -0.696. The maximum Gasteiger partial charge on any atom is 0.480 e. The molecule has 0 N–H and O–H groups in total. The minimum Gasteiger partial charge on any atom is -0.421 e. The Morgan fingerprint density at radius 3 is 1.75 bits per heavy atom. The van der Waals surface area contributed by atoms with E-state index in [1.807, 2.05) is 0 Å². The first-order chi connectivity index (χ1) is 12.6. The van der Waals surface area contributed by atoms with Crippen LogP contribution >= 0.6 is 0 Å². The van der Waals surface area contributed by atoms with Crippen LogP contribution in [0.1, 0.15) is 39.5 Å². The van der Waals surface area contributed by atoms with Crippen molar-refractivity contribution in [3.63, 3.8) is 0 Å². The van der Waals surface area contributed by atoms with E-state index in [4.69, 9.17) is 0 Å². The summed E-state index contributed by atoms with van der Waals surface area (Å²) in [6, 6.07) is 0. The van der Waals surface area contributed by atoms with E-state index in [0.29, 0.717) is 0 Å². The van der Waals surface area contributed by atoms with E-state index in [0.717, 1.165) is 10.7 Å². The van der Waals surface area contributed by atoms with Crippen LogP contribution in [0.3, 0.4) is 0 Å². The number of rotatable bonds is 8. The van der Waals surface area contributed by atoms with Gasteiger partial charge < -0.3 is 4.13 Å². The number of hydrogen-bond donors (Lipinski definition) is 0. The second-order valence-electron chi connectivity index (χ2n) is 5.46. The molecule has 166 valence electrons. The number of sulfonamides is 2. The van der Waals surface area contributed by atoms with Gasteiger partial charge in [-0.2, -0.15) is 26.3 Å². The van der Waals surface area contributed by atoms with E-state index in [2.05, 4.69) is 41.7 Å². The Bertz CT molecular complexity index is 759. The Morgan fingerprint density at radius 1 is 0.893 bits per heavy atom. The topological polar surface area (TPSA) is 91.2 Å². The van der Waals surface area contributed by atoms with E-state index in [9.17, 15) is 43.2 Å². The van der Waals surface area contributed by atoms with Crippen LogP contribution in [0, 0.1) is 0 Å². The maximum absolute atomic E-state index is 11.4. The smallest absolute Gasteiger partial charge is 0.421 e. The molecular formula is C13H21F6N3O4S2. The number of aromatic nitrogens is 2. The number of hydrogen-bond acceptors (Lipinski definition) is 4. The quantitative estimate of drug-likeness (QED) is 0.337. The summed E-state index contributed by atoms with van der Waals surface area (Å²) in [5.41, 5.74) is -12.4. The van der Waals surface area contributed by atoms with Gasteiger partial charge in [-0.3, -0.25) is 0 Å². The molecule has 1 aromatic heterocycles. The molecule has 0 atom stereocenters. The number of nitrogens with zero attached hydrogens (tertiary/aromatic N) is 3. The lowest BCUT2D eigenvalue weighted by atomic mass is 10.2. The maximum atomic E-state index is 11.4. The fourth-order valence-electron chi connectivity index (χ4n) is 1.69. The molecule has 0 aliphatic heterocycles. The molecule has 0 saturated heterocycles. The molecule has 1 rings (SSSR count). The molecule has 1 heterocycles. The highest BCUT2D eigenvalue weighted by atomic mass is 32.3. The molecule has 1 aromatic rings. The minimum atomic E-state index is -6.72. The first-order valence-corrected chi connectivity index (χ1v) is 10.9. The van der Waals surface area contributed by atoms with Crippen LogP contribution in [0.2, 0.25) is 0 Å². The Morgan fingerprint density at radius 2 is 1.39 bits per heavy atom. The molecule has 0 aromatic carbocycles. The molecule has 0 amide bonds. The van der Waals surface area contributed by atoms with Gasteiger partial charge in [0.2, 0.25) is 6.33 Å². The van der Waals surface area contributed by atoms with Crippen LogP contribution < -0.4 is 4.57 Å². The van der Waals surface area contributed by atoms with Gasteiger partial charge in [-0.05, 0) is 19.8 Å². The number of imidazole rings is 1. The Balaban J connectivity index is 0.000000525. The summed E-state index contributed by atoms with van der Waals surface area (Å²) in [7, 11) is -13.4. The number of unbranched alkanes of at least 4 members (excludes halogenated alkanes) is 3. The predicted octanol–water partition coefficient (Wildman–Crippen LogP) is 3.44. The fourth-order valence-corrected chi connectivity index (χ4v) is 3.40. The van der Waals surface area contributed by atoms with Crippen molar-refractivity contribution in [2.75, 3.05) is 0 Å². The summed E-state index contributed by atoms with van der Waals surface area (Å²) in [6.45, 7) is 6.66. The molecular weight excluding hydrogens is 440 g/mol. The first kappa shape index (κ1) is 26.6. The zero-order valence-corrected chi connectivity index (χ0v) is 16.7. The zero-order chi connectivity index (χ0) is 22.2. The van der Waals surface area contributed by atoms with Crippen molar-refractivity contribution < 1.29 is 47.7 Å². The van der Waals surface area contributed by atoms with Crippen molar-refractivity contribution in [3.05, 3.63) is 22.8 Å². The number of alkyl halides is 6. The van der Waals surface area contributed by atoms with Crippen molar-refractivity contribution in [2.24, 2.45) is 0 Å². The average Bonchev–Trinajstić information content (AvgIpc) is 2.97. The molecule has 0 unspecified atom stereocenters. The molecule has 15 heteroatoms. The van der Waals surface area contributed by atoms with Crippen LogP contribution in [0.4, 0.5) is 26.3 Å². The van der Waals surface area contributed by atoms with Crippen molar-refractivity contribution in [3.8, 4) is 0 Å². The van der Waals surface area contributed by atoms with Gasteiger partial charge in [0.25, 0.3) is 0 Å². The van der Waals surface area contributed by atoms with Crippen molar-refractivity contribution in [1.29, 1.82) is 0 Å². The van der Waals surface area contributed by atoms with Gasteiger partial charge in [0.15, 0.2) is 20.0 Å². The van der Waals surface area contributed by atoms with E-state index in [-0.39, 0.29) is 0 Å². The standard InChI is InChI=1S/C11H21N2.C2F6NO4S2/c1-3-5-6-7-8-13-10-9-12(4-2)11-13;3-1(4,5)14(10,11)9-15(12,13)2(6,7)8/h9-11H,3-8H2,1-2H3;/q+1;-1. The lowest BCUT2D eigenvalue weighted by Gasteiger charge is -2.22. The Hall–Kier alpha value is -1.35. The van der Waals surface area contributed by atoms with Gasteiger partial charge in [-0.1, -0.05) is 19.8 Å². The van der Waals surface area contributed by atoms with E-state index >= 15 is 0 Å². The largest absolute Gasteiger partial charge is 0.480 e. The molecule has 28 heavy (non-hydrogen) atoms. The fraction of sp³-hybridized carbons (Fsp3) is 0.769. The van der Waals surface area contributed by atoms with Gasteiger partial charge >= 0.3 is 11.0 Å². The minimum absolute atomic E-state index is 0.778. The third-order valence-corrected chi connectivity index (χ3v) is 5.90. The van der Waals surface area contributed by atoms with Crippen molar-refractivity contribution in [1.82, 2.24) is 4.57 Å². The molecule has 0 aliphatic carbocycles. The second kappa shape index (κ2) is 10.4. The van der Waals surface area contributed by atoms with Gasteiger partial charge in [0.05, 0.1) is 13.1 Å². The Kier molecular flexibility index (Phi) is 9.93. The van der Waals surface area contributed by atoms with Gasteiger partial charge in [-0.15, -0.1) is 0 Å². The van der Waals surface area contributed by atoms with Crippen LogP contribution in [0.5, 0.6) is 0 Å². The highest BCUT2D eigenvalue weighted by Crippen LogP contribution is 2.36. The summed E-state index contributed by atoms with van der Waals surface area (Å²) in [5, 5.41) is 0. The molecule has 0 aliphatic rings. The summed E-state index contributed by atoms with van der Waals surface area (Å²) in [4.78, 5) is 0. The van der Waals surface area contributed by atoms with E-state index < -0.39 is 31.1 Å². The molecule has 7 nitrogen and oxygen atoms in total. The number of aryl methyl sites for hydroxylation is 2. The van der Waals surface area contributed by atoms with Crippen molar-refractivity contribution in [2.45, 2.75) is 63.6 Å². The van der Waals surface area contributed by atoms with Crippen LogP contribution in [0.25, 0.3) is 4.13 Å². The number of halogens is 6. The highest BCUT2D eigenvalue weighted by molar-refractivity contribution is 8.13. The summed E-state index contributed by atoms with van der Waals surface area (Å²) >= 11 is 0. The third-order valence-electron chi connectivity index (χ3n) is 3.16. The Labute approximate surface area is 159 Å². The first-order valence-electron chi connectivity index (χ1n) is 7.99. The zero-order valence-electron chi connectivity index (χ0n) is 15.0. The second-order valence-corrected chi connectivity index (χ2v) is 8.88. The molecule has 0 fully saturated rings. The molecule has 0 bridgehead atoms. The van der Waals surface area contributed by atoms with Crippen molar-refractivity contribution >= 4 is 20.0 Å². The van der Waals surface area contributed by atoms with Gasteiger partial charge in [-0.25, -0.2) is 26.0 Å². The van der Waals surface area contributed by atoms with Crippen LogP contribution in [-0.2, 0) is 33.1 Å². The summed E-state index contributed by atoms with van der Waals surface area (Å²) < 4.78 is 114. The lowest BCUT2D eigenvalue weighted by Crippen LogP contribution is -2.30. The molecule has 0 spiro atoms. The highest BCUT2D eigenvalue weighted by Gasteiger charge is 2.46. The monoisotopic (exact) mass is 461 g/mol. The summed E-state index contributed by atoms with van der Waals surface area (Å²) in [6.07, 6.45) is 11.9. The van der Waals surface area contributed by atoms with Gasteiger partial charge in [0, 0.05) is 0 Å². The van der Waals surface area contributed by atoms with E-state index in [1.165, 1.54) is 32.2 Å². The molecule has 0 saturated carbocycles. The van der Waals surface area contributed by atoms with E-state index in [1.54, 1.807) is 0 Å². The van der Waals surface area contributed by atoms with Gasteiger partial charge in [0.1, 0.15) is 12.4 Å². The van der Waals surface area contributed by atoms with Crippen LogP contribution in [0.15, 0.2) is 18.7 Å².